The molecule has 0 spiro atoms. The summed E-state index contributed by atoms with van der Waals surface area (Å²) in [6.45, 7) is 3.13. The molecule has 0 radical (unpaired) electrons. The van der Waals surface area contributed by atoms with Gasteiger partial charge in [-0.1, -0.05) is 18.2 Å². The van der Waals surface area contributed by atoms with Gasteiger partial charge in [0.15, 0.2) is 0 Å². The minimum atomic E-state index is 1.22. The van der Waals surface area contributed by atoms with Crippen LogP contribution in [0, 0.1) is 0 Å². The molecular formula is C5H6ClNS. The first-order valence-electron chi connectivity index (χ1n) is 1.95. The molecule has 1 nitrogen and oxygen atoms in total. The molecule has 44 valence electrons. The molecule has 1 heterocycles. The van der Waals surface area contributed by atoms with Gasteiger partial charge in [-0.2, -0.15) is 0 Å². The van der Waals surface area contributed by atoms with E-state index in [-0.39, 0.29) is 0 Å². The van der Waals surface area contributed by atoms with E-state index in [1.165, 1.54) is 5.54 Å². The number of halogens is 1. The molecule has 0 amide bonds. The molecule has 0 unspecified atom stereocenters. The highest BCUT2D eigenvalue weighted by molar-refractivity contribution is 7.07. The summed E-state index contributed by atoms with van der Waals surface area (Å²) < 4.78 is 0. The van der Waals surface area contributed by atoms with Crippen molar-refractivity contribution < 1.29 is 0 Å². The van der Waals surface area contributed by atoms with Gasteiger partial charge in [-0.25, -0.2) is 0 Å². The van der Waals surface area contributed by atoms with E-state index in [1.807, 2.05) is 5.38 Å². The molecule has 0 N–H and O–H groups in total. The van der Waals surface area contributed by atoms with Crippen molar-refractivity contribution in [2.45, 2.75) is 0 Å². The molecule has 0 fully saturated rings. The molecule has 0 aliphatic heterocycles. The summed E-state index contributed by atoms with van der Waals surface area (Å²) in [6.07, 6.45) is 1.77. The Morgan fingerprint density at radius 1 is 1.75 bits per heavy atom. The number of rotatable bonds is 0. The zero-order valence-corrected chi connectivity index (χ0v) is 5.82. The van der Waals surface area contributed by atoms with E-state index in [0.29, 0.717) is 0 Å². The fourth-order valence-electron chi connectivity index (χ4n) is 0.176. The van der Waals surface area contributed by atoms with Crippen molar-refractivity contribution in [3.63, 3.8) is 0 Å². The molecule has 1 rings (SSSR count). The second-order valence-electron chi connectivity index (χ2n) is 0.830. The van der Waals surface area contributed by atoms with Crippen LogP contribution in [-0.2, 0) is 0 Å². The van der Waals surface area contributed by atoms with Crippen LogP contribution in [0.4, 0.5) is 0 Å². The van der Waals surface area contributed by atoms with Gasteiger partial charge in [0, 0.05) is 11.6 Å². The molecule has 0 aliphatic carbocycles. The van der Waals surface area contributed by atoms with E-state index in [2.05, 4.69) is 11.6 Å². The number of aromatic nitrogens is 1. The lowest BCUT2D eigenvalue weighted by molar-refractivity contribution is 1.43. The Morgan fingerprint density at radius 3 is 2.50 bits per heavy atom. The second-order valence-corrected chi connectivity index (χ2v) is 1.89. The number of hydrogen-bond donors (Lipinski definition) is 0. The van der Waals surface area contributed by atoms with Gasteiger partial charge in [-0.05, 0) is 5.54 Å². The molecule has 0 aromatic carbocycles. The Kier molecular flexibility index (Phi) is 6.38. The van der Waals surface area contributed by atoms with E-state index in [1.54, 1.807) is 23.0 Å². The first-order chi connectivity index (χ1) is 3.91. The lowest BCUT2D eigenvalue weighted by Gasteiger charge is -1.41. The highest BCUT2D eigenvalue weighted by Crippen LogP contribution is 1.85. The van der Waals surface area contributed by atoms with Gasteiger partial charge < -0.3 is 0 Å². The Labute approximate surface area is 57.6 Å². The van der Waals surface area contributed by atoms with Crippen molar-refractivity contribution in [2.24, 2.45) is 0 Å². The summed E-state index contributed by atoms with van der Waals surface area (Å²) in [6, 6.07) is 0. The monoisotopic (exact) mass is 147 g/mol. The average molecular weight is 148 g/mol. The number of thiazole rings is 1. The van der Waals surface area contributed by atoms with Crippen LogP contribution in [0.3, 0.4) is 0 Å². The summed E-state index contributed by atoms with van der Waals surface area (Å²) in [5.74, 6) is 0. The van der Waals surface area contributed by atoms with Gasteiger partial charge in [-0.15, -0.1) is 11.3 Å². The van der Waals surface area contributed by atoms with Crippen molar-refractivity contribution in [3.05, 3.63) is 29.2 Å². The predicted molar refractivity (Wildman–Crippen MR) is 38.2 cm³/mol. The molecular weight excluding hydrogens is 142 g/mol. The maximum absolute atomic E-state index is 4.76. The summed E-state index contributed by atoms with van der Waals surface area (Å²) in [5, 5.41) is 1.93. The molecule has 1 aromatic heterocycles. The largest absolute Gasteiger partial charge is 0.253 e. The molecule has 0 atom stereocenters. The fraction of sp³-hybridized carbons (Fsp3) is 0. The van der Waals surface area contributed by atoms with Crippen molar-refractivity contribution in [1.29, 1.82) is 0 Å². The standard InChI is InChI=1S/C3H3NS.C2H3Cl/c1-2-5-3-4-1;1-2-3/h1-3H;2H,1H2. The fourth-order valence-corrected chi connectivity index (χ4v) is 0.527. The average Bonchev–Trinajstić information content (AvgIpc) is 2.17. The molecule has 0 saturated heterocycles. The molecule has 0 saturated carbocycles. The third kappa shape index (κ3) is 5.66. The highest BCUT2D eigenvalue weighted by Gasteiger charge is 1.59. The van der Waals surface area contributed by atoms with Crippen LogP contribution in [0.1, 0.15) is 0 Å². The van der Waals surface area contributed by atoms with E-state index in [4.69, 9.17) is 11.6 Å². The quantitative estimate of drug-likeness (QED) is 0.550. The lowest BCUT2D eigenvalue weighted by atomic mass is 11.0. The second kappa shape index (κ2) is 6.66. The first-order valence-corrected chi connectivity index (χ1v) is 3.33. The number of nitrogens with zero attached hydrogens (tertiary/aromatic N) is 1. The van der Waals surface area contributed by atoms with Gasteiger partial charge in [0.2, 0.25) is 0 Å². The Bertz CT molecular complexity index is 98.8. The molecule has 3 heteroatoms. The minimum Gasteiger partial charge on any atom is -0.253 e. The van der Waals surface area contributed by atoms with Gasteiger partial charge in [-0.3, -0.25) is 4.98 Å². The minimum absolute atomic E-state index is 1.22. The Balaban J connectivity index is 0.000000145. The maximum atomic E-state index is 4.76. The zero-order valence-electron chi connectivity index (χ0n) is 4.25. The van der Waals surface area contributed by atoms with Gasteiger partial charge in [0.25, 0.3) is 0 Å². The molecule has 8 heavy (non-hydrogen) atoms. The van der Waals surface area contributed by atoms with Crippen LogP contribution >= 0.6 is 22.9 Å². The van der Waals surface area contributed by atoms with Gasteiger partial charge in [0.05, 0.1) is 5.51 Å². The smallest absolute Gasteiger partial charge is 0.0791 e. The van der Waals surface area contributed by atoms with Crippen LogP contribution in [-0.4, -0.2) is 4.98 Å². The van der Waals surface area contributed by atoms with Crippen LogP contribution in [0.5, 0.6) is 0 Å². The van der Waals surface area contributed by atoms with Crippen molar-refractivity contribution in [1.82, 2.24) is 4.98 Å². The van der Waals surface area contributed by atoms with Gasteiger partial charge in [0.1, 0.15) is 0 Å². The zero-order chi connectivity index (χ0) is 6.24. The van der Waals surface area contributed by atoms with Crippen LogP contribution in [0.15, 0.2) is 29.2 Å². The molecule has 0 bridgehead atoms. The van der Waals surface area contributed by atoms with E-state index >= 15 is 0 Å². The summed E-state index contributed by atoms with van der Waals surface area (Å²) in [7, 11) is 0. The SMILES string of the molecule is C=CCl.c1cscn1. The Hall–Kier alpha value is -0.340. The topological polar surface area (TPSA) is 12.9 Å². The van der Waals surface area contributed by atoms with E-state index in [9.17, 15) is 0 Å². The van der Waals surface area contributed by atoms with E-state index in [0.717, 1.165) is 0 Å². The van der Waals surface area contributed by atoms with Gasteiger partial charge >= 0.3 is 0 Å². The normalized spacial score (nSPS) is 6.62. The van der Waals surface area contributed by atoms with Crippen molar-refractivity contribution in [3.8, 4) is 0 Å². The summed E-state index contributed by atoms with van der Waals surface area (Å²) in [4.78, 5) is 3.74. The van der Waals surface area contributed by atoms with Crippen LogP contribution in [0.25, 0.3) is 0 Å². The first kappa shape index (κ1) is 7.66. The number of hydrogen-bond acceptors (Lipinski definition) is 2. The predicted octanol–water partition coefficient (Wildman–Crippen LogP) is 2.51. The van der Waals surface area contributed by atoms with Crippen molar-refractivity contribution in [2.75, 3.05) is 0 Å². The lowest BCUT2D eigenvalue weighted by Crippen LogP contribution is -1.38. The third-order valence-electron chi connectivity index (χ3n) is 0.347. The summed E-state index contributed by atoms with van der Waals surface area (Å²) >= 11 is 6.36. The molecule has 0 aliphatic rings. The van der Waals surface area contributed by atoms with Crippen molar-refractivity contribution >= 4 is 22.9 Å². The summed E-state index contributed by atoms with van der Waals surface area (Å²) in [5.41, 5.74) is 3.01. The third-order valence-corrected chi connectivity index (χ3v) is 0.869. The maximum Gasteiger partial charge on any atom is 0.0791 e. The Morgan fingerprint density at radius 2 is 2.38 bits per heavy atom. The van der Waals surface area contributed by atoms with Crippen LogP contribution < -0.4 is 0 Å². The van der Waals surface area contributed by atoms with Crippen LogP contribution in [0.2, 0.25) is 0 Å². The highest BCUT2D eigenvalue weighted by atomic mass is 35.5. The molecule has 1 aromatic rings. The van der Waals surface area contributed by atoms with E-state index < -0.39 is 0 Å².